The summed E-state index contributed by atoms with van der Waals surface area (Å²) < 4.78 is 0. The maximum Gasteiger partial charge on any atom is 0.119 e. The van der Waals surface area contributed by atoms with Crippen molar-refractivity contribution in [1.82, 2.24) is 0 Å². The lowest BCUT2D eigenvalue weighted by Gasteiger charge is -2.04. The summed E-state index contributed by atoms with van der Waals surface area (Å²) in [6, 6.07) is 4.89. The second kappa shape index (κ2) is 16.7. The van der Waals surface area contributed by atoms with Gasteiger partial charge >= 0.3 is 0 Å². The van der Waals surface area contributed by atoms with Crippen molar-refractivity contribution >= 4 is 0 Å². The summed E-state index contributed by atoms with van der Waals surface area (Å²) in [5, 5.41) is 18.9. The molecule has 0 spiro atoms. The second-order valence-electron chi connectivity index (χ2n) is 7.90. The van der Waals surface area contributed by atoms with Crippen LogP contribution in [0.1, 0.15) is 109 Å². The lowest BCUT2D eigenvalue weighted by Crippen LogP contribution is -1.87. The van der Waals surface area contributed by atoms with E-state index in [1.165, 1.54) is 96.0 Å². The van der Waals surface area contributed by atoms with Crippen molar-refractivity contribution in [2.45, 2.75) is 110 Å². The molecule has 0 atom stereocenters. The first-order valence-corrected chi connectivity index (χ1v) is 11.4. The third-order valence-electron chi connectivity index (χ3n) is 5.19. The summed E-state index contributed by atoms with van der Waals surface area (Å²) in [7, 11) is 0. The van der Waals surface area contributed by atoms with E-state index in [-0.39, 0.29) is 11.5 Å². The third kappa shape index (κ3) is 14.3. The van der Waals surface area contributed by atoms with E-state index in [1.807, 2.05) is 0 Å². The molecule has 0 unspecified atom stereocenters. The molecule has 0 saturated heterocycles. The molecule has 2 N–H and O–H groups in total. The van der Waals surface area contributed by atoms with Crippen LogP contribution >= 0.6 is 0 Å². The second-order valence-corrected chi connectivity index (χ2v) is 7.90. The highest BCUT2D eigenvalue weighted by Crippen LogP contribution is 2.22. The van der Waals surface area contributed by atoms with Gasteiger partial charge in [0.05, 0.1) is 0 Å². The molecule has 27 heavy (non-hydrogen) atoms. The van der Waals surface area contributed by atoms with E-state index in [9.17, 15) is 10.2 Å². The fourth-order valence-electron chi connectivity index (χ4n) is 3.54. The fourth-order valence-corrected chi connectivity index (χ4v) is 3.54. The summed E-state index contributed by atoms with van der Waals surface area (Å²) in [6.07, 6.45) is 25.6. The molecule has 0 aliphatic heterocycles. The Morgan fingerprint density at radius 2 is 1.04 bits per heavy atom. The Morgan fingerprint density at radius 1 is 0.593 bits per heavy atom. The van der Waals surface area contributed by atoms with Gasteiger partial charge in [0, 0.05) is 6.07 Å². The molecule has 0 aliphatic rings. The van der Waals surface area contributed by atoms with Gasteiger partial charge in [0.25, 0.3) is 0 Å². The van der Waals surface area contributed by atoms with Gasteiger partial charge in [0.15, 0.2) is 0 Å². The first-order valence-electron chi connectivity index (χ1n) is 11.4. The zero-order chi connectivity index (χ0) is 19.6. The Morgan fingerprint density at radius 3 is 1.56 bits per heavy atom. The summed E-state index contributed by atoms with van der Waals surface area (Å²) >= 11 is 0. The maximum atomic E-state index is 9.47. The molecule has 0 amide bonds. The van der Waals surface area contributed by atoms with Crippen molar-refractivity contribution in [3.8, 4) is 11.5 Å². The standard InChI is InChI=1S/C25H42O2/c1-2-3-4-5-6-7-8-9-10-11-12-13-14-15-16-17-18-19-23-20-24(26)22-25(27)21-23/h5-6,20-22,26-27H,2-4,7-19H2,1H3/b6-5-. The number of unbranched alkanes of at least 4 members (excludes halogenated alkanes) is 13. The van der Waals surface area contributed by atoms with Gasteiger partial charge in [0.2, 0.25) is 0 Å². The molecule has 2 nitrogen and oxygen atoms in total. The molecule has 0 bridgehead atoms. The molecule has 0 aromatic heterocycles. The van der Waals surface area contributed by atoms with Gasteiger partial charge in [-0.15, -0.1) is 0 Å². The van der Waals surface area contributed by atoms with Gasteiger partial charge in [-0.05, 0) is 49.8 Å². The largest absolute Gasteiger partial charge is 0.508 e. The van der Waals surface area contributed by atoms with Crippen LogP contribution < -0.4 is 0 Å². The van der Waals surface area contributed by atoms with E-state index >= 15 is 0 Å². The number of hydrogen-bond acceptors (Lipinski definition) is 2. The molecule has 0 aliphatic carbocycles. The molecule has 0 radical (unpaired) electrons. The smallest absolute Gasteiger partial charge is 0.119 e. The highest BCUT2D eigenvalue weighted by Gasteiger charge is 1.99. The molecule has 154 valence electrons. The highest BCUT2D eigenvalue weighted by molar-refractivity contribution is 5.36. The highest BCUT2D eigenvalue weighted by atomic mass is 16.3. The number of aryl methyl sites for hydroxylation is 1. The van der Waals surface area contributed by atoms with Crippen molar-refractivity contribution in [2.24, 2.45) is 0 Å². The predicted octanol–water partition coefficient (Wildman–Crippen LogP) is 8.07. The number of allylic oxidation sites excluding steroid dienone is 2. The van der Waals surface area contributed by atoms with Crippen LogP contribution in [0.25, 0.3) is 0 Å². The van der Waals surface area contributed by atoms with Gasteiger partial charge in [-0.3, -0.25) is 0 Å². The number of benzene rings is 1. The van der Waals surface area contributed by atoms with Gasteiger partial charge in [-0.25, -0.2) is 0 Å². The van der Waals surface area contributed by atoms with Crippen molar-refractivity contribution in [3.63, 3.8) is 0 Å². The Balaban J connectivity index is 1.81. The molecular formula is C25H42O2. The number of phenols is 2. The van der Waals surface area contributed by atoms with E-state index < -0.39 is 0 Å². The Labute approximate surface area is 167 Å². The Hall–Kier alpha value is -1.44. The zero-order valence-corrected chi connectivity index (χ0v) is 17.6. The minimum Gasteiger partial charge on any atom is -0.508 e. The molecule has 1 aromatic carbocycles. The lowest BCUT2D eigenvalue weighted by atomic mass is 10.0. The molecule has 0 saturated carbocycles. The van der Waals surface area contributed by atoms with Crippen LogP contribution in [-0.2, 0) is 6.42 Å². The Bertz CT molecular complexity index is 473. The third-order valence-corrected chi connectivity index (χ3v) is 5.19. The van der Waals surface area contributed by atoms with Crippen LogP contribution in [0.2, 0.25) is 0 Å². The monoisotopic (exact) mass is 374 g/mol. The molecule has 0 heterocycles. The van der Waals surface area contributed by atoms with Gasteiger partial charge in [-0.1, -0.05) is 89.7 Å². The SMILES string of the molecule is CCCC/C=C\CCCCCCCCCCCCCc1cc(O)cc(O)c1. The van der Waals surface area contributed by atoms with Crippen molar-refractivity contribution in [3.05, 3.63) is 35.9 Å². The zero-order valence-electron chi connectivity index (χ0n) is 17.6. The van der Waals surface area contributed by atoms with Gasteiger partial charge < -0.3 is 10.2 Å². The van der Waals surface area contributed by atoms with E-state index in [0.717, 1.165) is 18.4 Å². The summed E-state index contributed by atoms with van der Waals surface area (Å²) in [6.45, 7) is 2.25. The first kappa shape index (κ1) is 23.6. The first-order chi connectivity index (χ1) is 13.2. The fraction of sp³-hybridized carbons (Fsp3) is 0.680. The quantitative estimate of drug-likeness (QED) is 0.214. The predicted molar refractivity (Wildman–Crippen MR) is 118 cm³/mol. The molecule has 1 aromatic rings. The topological polar surface area (TPSA) is 40.5 Å². The number of phenolic OH excluding ortho intramolecular Hbond substituents is 2. The number of hydrogen-bond donors (Lipinski definition) is 2. The normalized spacial score (nSPS) is 11.4. The molecule has 2 heteroatoms. The summed E-state index contributed by atoms with van der Waals surface area (Å²) in [5.74, 6) is 0.321. The number of rotatable bonds is 17. The van der Waals surface area contributed by atoms with Crippen LogP contribution in [0, 0.1) is 0 Å². The lowest BCUT2D eigenvalue weighted by molar-refractivity contribution is 0.449. The van der Waals surface area contributed by atoms with E-state index in [1.54, 1.807) is 12.1 Å². The van der Waals surface area contributed by atoms with Crippen LogP contribution in [0.4, 0.5) is 0 Å². The Kier molecular flexibility index (Phi) is 14.6. The minimum atomic E-state index is 0.161. The molecule has 0 fully saturated rings. The van der Waals surface area contributed by atoms with Crippen molar-refractivity contribution in [1.29, 1.82) is 0 Å². The maximum absolute atomic E-state index is 9.47. The van der Waals surface area contributed by atoms with E-state index in [4.69, 9.17) is 0 Å². The minimum absolute atomic E-state index is 0.161. The molecule has 1 rings (SSSR count). The van der Waals surface area contributed by atoms with Crippen LogP contribution in [-0.4, -0.2) is 10.2 Å². The van der Waals surface area contributed by atoms with Crippen LogP contribution in [0.15, 0.2) is 30.4 Å². The van der Waals surface area contributed by atoms with E-state index in [2.05, 4.69) is 19.1 Å². The van der Waals surface area contributed by atoms with Crippen LogP contribution in [0.5, 0.6) is 11.5 Å². The van der Waals surface area contributed by atoms with Gasteiger partial charge in [-0.2, -0.15) is 0 Å². The van der Waals surface area contributed by atoms with Gasteiger partial charge in [0.1, 0.15) is 11.5 Å². The van der Waals surface area contributed by atoms with E-state index in [0.29, 0.717) is 0 Å². The average molecular weight is 375 g/mol. The summed E-state index contributed by atoms with van der Waals surface area (Å²) in [4.78, 5) is 0. The molecular weight excluding hydrogens is 332 g/mol. The summed E-state index contributed by atoms with van der Waals surface area (Å²) in [5.41, 5.74) is 1.03. The van der Waals surface area contributed by atoms with Crippen molar-refractivity contribution < 1.29 is 10.2 Å². The van der Waals surface area contributed by atoms with Crippen molar-refractivity contribution in [2.75, 3.05) is 0 Å². The van der Waals surface area contributed by atoms with Crippen LogP contribution in [0.3, 0.4) is 0 Å². The number of aromatic hydroxyl groups is 2. The average Bonchev–Trinajstić information content (AvgIpc) is 2.63.